The Balaban J connectivity index is 2.42. The molecule has 7 heteroatoms. The quantitative estimate of drug-likeness (QED) is 0.681. The van der Waals surface area contributed by atoms with Gasteiger partial charge < -0.3 is 20.6 Å². The van der Waals surface area contributed by atoms with Crippen molar-refractivity contribution >= 4 is 17.9 Å². The zero-order valence-electron chi connectivity index (χ0n) is 12.0. The van der Waals surface area contributed by atoms with Crippen LogP contribution in [-0.2, 0) is 9.59 Å². The monoisotopic (exact) mass is 285 g/mol. The molecule has 1 fully saturated rings. The number of likely N-dealkylation sites (tertiary alicyclic amines) is 1. The fraction of sp³-hybridized carbons (Fsp3) is 0.769. The Morgan fingerprint density at radius 3 is 2.35 bits per heavy atom. The normalized spacial score (nSPS) is 17.4. The highest BCUT2D eigenvalue weighted by Gasteiger charge is 2.27. The van der Waals surface area contributed by atoms with E-state index >= 15 is 0 Å². The first-order valence-electron chi connectivity index (χ1n) is 6.96. The molecule has 3 amide bonds. The summed E-state index contributed by atoms with van der Waals surface area (Å²) in [6.07, 6.45) is 1.79. The first-order valence-corrected chi connectivity index (χ1v) is 6.96. The van der Waals surface area contributed by atoms with E-state index in [-0.39, 0.29) is 30.3 Å². The molecule has 3 N–H and O–H groups in total. The van der Waals surface area contributed by atoms with Crippen molar-refractivity contribution in [2.24, 2.45) is 5.92 Å². The van der Waals surface area contributed by atoms with Gasteiger partial charge in [0.1, 0.15) is 0 Å². The van der Waals surface area contributed by atoms with E-state index in [1.54, 1.807) is 11.9 Å². The van der Waals surface area contributed by atoms with Crippen LogP contribution >= 0.6 is 0 Å². The zero-order chi connectivity index (χ0) is 15.1. The average molecular weight is 285 g/mol. The smallest absolute Gasteiger partial charge is 0.317 e. The van der Waals surface area contributed by atoms with Crippen LogP contribution in [-0.4, -0.2) is 54.1 Å². The maximum Gasteiger partial charge on any atom is 0.317 e. The van der Waals surface area contributed by atoms with Crippen LogP contribution in [0.5, 0.6) is 0 Å². The van der Waals surface area contributed by atoms with Crippen LogP contribution in [0.3, 0.4) is 0 Å². The lowest BCUT2D eigenvalue weighted by molar-refractivity contribution is -0.137. The van der Waals surface area contributed by atoms with Crippen molar-refractivity contribution in [2.75, 3.05) is 20.1 Å². The molecule has 7 nitrogen and oxygen atoms in total. The first-order chi connectivity index (χ1) is 9.47. The summed E-state index contributed by atoms with van der Waals surface area (Å²) in [6, 6.07) is -0.592. The third-order valence-electron chi connectivity index (χ3n) is 3.64. The van der Waals surface area contributed by atoms with Gasteiger partial charge in [0, 0.05) is 32.1 Å². The fourth-order valence-corrected chi connectivity index (χ4v) is 2.32. The summed E-state index contributed by atoms with van der Waals surface area (Å²) in [4.78, 5) is 35.8. The van der Waals surface area contributed by atoms with Gasteiger partial charge in [0.15, 0.2) is 0 Å². The van der Waals surface area contributed by atoms with Crippen molar-refractivity contribution in [3.63, 3.8) is 0 Å². The standard InChI is InChI=1S/C13H23N3O4/c1-3-10(8-11(17)18)15-13(20)16-6-4-9(5-7-16)12(19)14-2/h9-10H,3-8H2,1-2H3,(H,14,19)(H,15,20)(H,17,18). The molecule has 1 unspecified atom stereocenters. The second-order valence-electron chi connectivity index (χ2n) is 5.03. The van der Waals surface area contributed by atoms with Crippen molar-refractivity contribution in [1.82, 2.24) is 15.5 Å². The van der Waals surface area contributed by atoms with Gasteiger partial charge in [-0.05, 0) is 19.3 Å². The summed E-state index contributed by atoms with van der Waals surface area (Å²) in [6.45, 7) is 2.88. The largest absolute Gasteiger partial charge is 0.481 e. The number of nitrogens with one attached hydrogen (secondary N) is 2. The van der Waals surface area contributed by atoms with Crippen molar-refractivity contribution in [1.29, 1.82) is 0 Å². The van der Waals surface area contributed by atoms with Gasteiger partial charge in [0.05, 0.1) is 6.42 Å². The highest BCUT2D eigenvalue weighted by molar-refractivity contribution is 5.79. The molecular weight excluding hydrogens is 262 g/mol. The van der Waals surface area contributed by atoms with Gasteiger partial charge in [-0.15, -0.1) is 0 Å². The summed E-state index contributed by atoms with van der Waals surface area (Å²) in [5, 5.41) is 14.1. The van der Waals surface area contributed by atoms with E-state index in [9.17, 15) is 14.4 Å². The van der Waals surface area contributed by atoms with Crippen LogP contribution in [0.1, 0.15) is 32.6 Å². The number of aliphatic carboxylic acids is 1. The number of hydrogen-bond donors (Lipinski definition) is 3. The molecule has 0 bridgehead atoms. The van der Waals surface area contributed by atoms with E-state index in [1.807, 2.05) is 6.92 Å². The molecule has 0 aromatic rings. The third kappa shape index (κ3) is 4.71. The third-order valence-corrected chi connectivity index (χ3v) is 3.64. The molecule has 1 atom stereocenters. The second-order valence-corrected chi connectivity index (χ2v) is 5.03. The highest BCUT2D eigenvalue weighted by Crippen LogP contribution is 2.17. The minimum Gasteiger partial charge on any atom is -0.481 e. The SMILES string of the molecule is CCC(CC(=O)O)NC(=O)N1CCC(C(=O)NC)CC1. The van der Waals surface area contributed by atoms with Crippen molar-refractivity contribution in [3.8, 4) is 0 Å². The lowest BCUT2D eigenvalue weighted by Crippen LogP contribution is -2.49. The summed E-state index contributed by atoms with van der Waals surface area (Å²) >= 11 is 0. The molecule has 1 heterocycles. The molecular formula is C13H23N3O4. The molecule has 114 valence electrons. The van der Waals surface area contributed by atoms with E-state index in [4.69, 9.17) is 5.11 Å². The summed E-state index contributed by atoms with van der Waals surface area (Å²) in [5.41, 5.74) is 0. The average Bonchev–Trinajstić information content (AvgIpc) is 2.45. The number of amides is 3. The van der Waals surface area contributed by atoms with E-state index in [1.165, 1.54) is 0 Å². The van der Waals surface area contributed by atoms with Gasteiger partial charge in [-0.1, -0.05) is 6.92 Å². The van der Waals surface area contributed by atoms with Crippen LogP contribution in [0.2, 0.25) is 0 Å². The van der Waals surface area contributed by atoms with Gasteiger partial charge in [-0.25, -0.2) is 4.79 Å². The number of carbonyl (C=O) groups excluding carboxylic acids is 2. The summed E-state index contributed by atoms with van der Waals surface area (Å²) in [7, 11) is 1.61. The Bertz CT molecular complexity index is 365. The van der Waals surface area contributed by atoms with E-state index in [2.05, 4.69) is 10.6 Å². The van der Waals surface area contributed by atoms with Gasteiger partial charge in [0.2, 0.25) is 5.91 Å². The van der Waals surface area contributed by atoms with Crippen LogP contribution in [0.4, 0.5) is 4.79 Å². The first kappa shape index (κ1) is 16.3. The molecule has 0 spiro atoms. The van der Waals surface area contributed by atoms with Gasteiger partial charge >= 0.3 is 12.0 Å². The van der Waals surface area contributed by atoms with Crippen LogP contribution in [0.15, 0.2) is 0 Å². The predicted octanol–water partition coefficient (Wildman–Crippen LogP) is 0.407. The molecule has 1 aliphatic heterocycles. The molecule has 1 rings (SSSR count). The Morgan fingerprint density at radius 1 is 1.30 bits per heavy atom. The van der Waals surface area contributed by atoms with Crippen molar-refractivity contribution in [2.45, 2.75) is 38.6 Å². The number of carbonyl (C=O) groups is 3. The molecule has 0 aliphatic carbocycles. The number of carboxylic acid groups (broad SMARTS) is 1. The Kier molecular flexibility index (Phi) is 6.27. The summed E-state index contributed by atoms with van der Waals surface area (Å²) in [5.74, 6) is -0.942. The van der Waals surface area contributed by atoms with Crippen molar-refractivity contribution < 1.29 is 19.5 Å². The number of carboxylic acids is 1. The number of rotatable bonds is 5. The van der Waals surface area contributed by atoms with Gasteiger partial charge in [-0.2, -0.15) is 0 Å². The maximum absolute atomic E-state index is 12.0. The minimum absolute atomic E-state index is 0.0161. The fourth-order valence-electron chi connectivity index (χ4n) is 2.32. The summed E-state index contributed by atoms with van der Waals surface area (Å²) < 4.78 is 0. The van der Waals surface area contributed by atoms with Crippen molar-refractivity contribution in [3.05, 3.63) is 0 Å². The molecule has 1 saturated heterocycles. The Morgan fingerprint density at radius 2 is 1.90 bits per heavy atom. The van der Waals surface area contributed by atoms with Gasteiger partial charge in [-0.3, -0.25) is 9.59 Å². The Labute approximate surface area is 118 Å². The Hall–Kier alpha value is -1.79. The highest BCUT2D eigenvalue weighted by atomic mass is 16.4. The topological polar surface area (TPSA) is 98.7 Å². The number of urea groups is 1. The minimum atomic E-state index is -0.921. The molecule has 0 aromatic heterocycles. The van der Waals surface area contributed by atoms with Gasteiger partial charge in [0.25, 0.3) is 0 Å². The van der Waals surface area contributed by atoms with Crippen LogP contribution in [0.25, 0.3) is 0 Å². The van der Waals surface area contributed by atoms with Crippen LogP contribution < -0.4 is 10.6 Å². The molecule has 1 aliphatic rings. The number of piperidine rings is 1. The van der Waals surface area contributed by atoms with E-state index in [0.29, 0.717) is 32.4 Å². The number of nitrogens with zero attached hydrogens (tertiary/aromatic N) is 1. The molecule has 0 radical (unpaired) electrons. The maximum atomic E-state index is 12.0. The second kappa shape index (κ2) is 7.72. The zero-order valence-corrected chi connectivity index (χ0v) is 12.0. The number of hydrogen-bond acceptors (Lipinski definition) is 3. The molecule has 20 heavy (non-hydrogen) atoms. The van der Waals surface area contributed by atoms with E-state index in [0.717, 1.165) is 0 Å². The lowest BCUT2D eigenvalue weighted by Gasteiger charge is -2.32. The lowest BCUT2D eigenvalue weighted by atomic mass is 9.96. The van der Waals surface area contributed by atoms with Crippen LogP contribution in [0, 0.1) is 5.92 Å². The molecule has 0 aromatic carbocycles. The predicted molar refractivity (Wildman–Crippen MR) is 73.2 cm³/mol. The molecule has 0 saturated carbocycles. The van der Waals surface area contributed by atoms with E-state index < -0.39 is 5.97 Å².